The Morgan fingerprint density at radius 3 is 2.85 bits per heavy atom. The molecule has 1 aliphatic heterocycles. The summed E-state index contributed by atoms with van der Waals surface area (Å²) >= 11 is 1.33. The molecule has 0 radical (unpaired) electrons. The van der Waals surface area contributed by atoms with E-state index in [0.29, 0.717) is 16.8 Å². The van der Waals surface area contributed by atoms with Crippen molar-refractivity contribution in [2.24, 2.45) is 0 Å². The highest BCUT2D eigenvalue weighted by Crippen LogP contribution is 2.29. The molecule has 0 amide bonds. The lowest BCUT2D eigenvalue weighted by molar-refractivity contribution is 0.269. The van der Waals surface area contributed by atoms with Crippen molar-refractivity contribution in [3.05, 3.63) is 17.0 Å². The highest BCUT2D eigenvalue weighted by atomic mass is 32.2. The van der Waals surface area contributed by atoms with Gasteiger partial charge in [-0.15, -0.1) is 11.3 Å². The smallest absolute Gasteiger partial charge is 0.252 e. The molecule has 1 fully saturated rings. The van der Waals surface area contributed by atoms with Gasteiger partial charge in [-0.05, 0) is 36.8 Å². The second-order valence-corrected chi connectivity index (χ2v) is 8.80. The Morgan fingerprint density at radius 1 is 1.45 bits per heavy atom. The van der Waals surface area contributed by atoms with Gasteiger partial charge in [-0.2, -0.15) is 4.31 Å². The van der Waals surface area contributed by atoms with Gasteiger partial charge in [-0.1, -0.05) is 20.3 Å². The minimum absolute atomic E-state index is 0.119. The van der Waals surface area contributed by atoms with Crippen LogP contribution in [0.5, 0.6) is 0 Å². The van der Waals surface area contributed by atoms with Gasteiger partial charge in [0.05, 0.1) is 0 Å². The van der Waals surface area contributed by atoms with E-state index in [9.17, 15) is 8.42 Å². The molecule has 0 saturated carbocycles. The Kier molecular flexibility index (Phi) is 5.23. The third kappa shape index (κ3) is 3.61. The summed E-state index contributed by atoms with van der Waals surface area (Å²) in [5.74, 6) is 0. The van der Waals surface area contributed by atoms with E-state index in [2.05, 4.69) is 19.2 Å². The van der Waals surface area contributed by atoms with Crippen LogP contribution in [0.2, 0.25) is 0 Å². The fourth-order valence-electron chi connectivity index (χ4n) is 2.45. The van der Waals surface area contributed by atoms with E-state index < -0.39 is 10.0 Å². The number of nitrogens with one attached hydrogen (secondary N) is 1. The number of hydrogen-bond acceptors (Lipinski definition) is 4. The predicted octanol–water partition coefficient (Wildman–Crippen LogP) is 2.81. The SMILES string of the molecule is CC(C)NCc1csc(S(=O)(=O)N2CCCCC2C)c1. The molecule has 2 rings (SSSR count). The average Bonchev–Trinajstić information content (AvgIpc) is 2.86. The fraction of sp³-hybridized carbons (Fsp3) is 0.714. The lowest BCUT2D eigenvalue weighted by Gasteiger charge is -2.31. The Bertz CT molecular complexity index is 537. The predicted molar refractivity (Wildman–Crippen MR) is 83.5 cm³/mol. The standard InChI is InChI=1S/C14H24N2O2S2/c1-11(2)15-9-13-8-14(19-10-13)20(17,18)16-7-5-4-6-12(16)3/h8,10-12,15H,4-7,9H2,1-3H3. The maximum Gasteiger partial charge on any atom is 0.252 e. The zero-order valence-electron chi connectivity index (χ0n) is 12.4. The van der Waals surface area contributed by atoms with Crippen molar-refractivity contribution in [1.82, 2.24) is 9.62 Å². The van der Waals surface area contributed by atoms with Crippen LogP contribution in [0.3, 0.4) is 0 Å². The van der Waals surface area contributed by atoms with Crippen LogP contribution in [-0.4, -0.2) is 31.4 Å². The molecule has 1 unspecified atom stereocenters. The highest BCUT2D eigenvalue weighted by molar-refractivity contribution is 7.91. The topological polar surface area (TPSA) is 49.4 Å². The van der Waals surface area contributed by atoms with Gasteiger partial charge >= 0.3 is 0 Å². The molecule has 0 spiro atoms. The van der Waals surface area contributed by atoms with Gasteiger partial charge in [0.25, 0.3) is 10.0 Å². The quantitative estimate of drug-likeness (QED) is 0.909. The van der Waals surface area contributed by atoms with Gasteiger partial charge in [0.15, 0.2) is 0 Å². The van der Waals surface area contributed by atoms with Gasteiger partial charge in [0, 0.05) is 25.2 Å². The number of piperidine rings is 1. The van der Waals surface area contributed by atoms with Crippen LogP contribution in [0.15, 0.2) is 15.7 Å². The molecule has 4 nitrogen and oxygen atoms in total. The van der Waals surface area contributed by atoms with Crippen molar-refractivity contribution in [3.8, 4) is 0 Å². The molecule has 114 valence electrons. The second kappa shape index (κ2) is 6.56. The fourth-order valence-corrected chi connectivity index (χ4v) is 5.48. The Morgan fingerprint density at radius 2 is 2.20 bits per heavy atom. The molecule has 1 aromatic rings. The lowest BCUT2D eigenvalue weighted by atomic mass is 10.1. The normalized spacial score (nSPS) is 21.5. The molecule has 2 heterocycles. The molecular formula is C14H24N2O2S2. The zero-order valence-corrected chi connectivity index (χ0v) is 14.1. The van der Waals surface area contributed by atoms with Gasteiger partial charge in [-0.25, -0.2) is 8.42 Å². The van der Waals surface area contributed by atoms with E-state index in [-0.39, 0.29) is 6.04 Å². The van der Waals surface area contributed by atoms with Crippen LogP contribution in [0.1, 0.15) is 45.6 Å². The number of thiophene rings is 1. The summed E-state index contributed by atoms with van der Waals surface area (Å²) in [5.41, 5.74) is 1.05. The molecule has 0 aliphatic carbocycles. The van der Waals surface area contributed by atoms with Crippen molar-refractivity contribution >= 4 is 21.4 Å². The number of sulfonamides is 1. The van der Waals surface area contributed by atoms with Gasteiger partial charge in [-0.3, -0.25) is 0 Å². The molecule has 1 N–H and O–H groups in total. The Balaban J connectivity index is 2.13. The summed E-state index contributed by atoms with van der Waals surface area (Å²) in [7, 11) is -3.30. The Labute approximate surface area is 126 Å². The van der Waals surface area contributed by atoms with Crippen molar-refractivity contribution in [2.45, 2.75) is 62.9 Å². The first-order valence-corrected chi connectivity index (χ1v) is 9.56. The summed E-state index contributed by atoms with van der Waals surface area (Å²) in [4.78, 5) is 0. The number of nitrogens with zero attached hydrogens (tertiary/aromatic N) is 1. The molecule has 1 aromatic heterocycles. The lowest BCUT2D eigenvalue weighted by Crippen LogP contribution is -2.41. The first-order valence-electron chi connectivity index (χ1n) is 7.24. The summed E-state index contributed by atoms with van der Waals surface area (Å²) in [6.45, 7) is 7.55. The van der Waals surface area contributed by atoms with Crippen LogP contribution in [0, 0.1) is 0 Å². The number of hydrogen-bond donors (Lipinski definition) is 1. The van der Waals surface area contributed by atoms with Crippen LogP contribution < -0.4 is 5.32 Å². The first-order chi connectivity index (χ1) is 9.41. The van der Waals surface area contributed by atoms with Gasteiger partial charge in [0.1, 0.15) is 4.21 Å². The number of rotatable bonds is 5. The van der Waals surface area contributed by atoms with E-state index in [0.717, 1.165) is 31.4 Å². The molecule has 20 heavy (non-hydrogen) atoms. The van der Waals surface area contributed by atoms with Crippen LogP contribution in [0.4, 0.5) is 0 Å². The van der Waals surface area contributed by atoms with E-state index in [1.165, 1.54) is 11.3 Å². The summed E-state index contributed by atoms with van der Waals surface area (Å²) in [6, 6.07) is 2.33. The van der Waals surface area contributed by atoms with Gasteiger partial charge in [0.2, 0.25) is 0 Å². The highest BCUT2D eigenvalue weighted by Gasteiger charge is 2.31. The van der Waals surface area contributed by atoms with Crippen molar-refractivity contribution in [3.63, 3.8) is 0 Å². The largest absolute Gasteiger partial charge is 0.310 e. The molecule has 6 heteroatoms. The molecular weight excluding hydrogens is 292 g/mol. The zero-order chi connectivity index (χ0) is 14.8. The summed E-state index contributed by atoms with van der Waals surface area (Å²) < 4.78 is 27.5. The van der Waals surface area contributed by atoms with E-state index in [1.807, 2.05) is 18.4 Å². The maximum absolute atomic E-state index is 12.7. The minimum Gasteiger partial charge on any atom is -0.310 e. The molecule has 1 aliphatic rings. The third-order valence-corrected chi connectivity index (χ3v) is 7.13. The summed E-state index contributed by atoms with van der Waals surface area (Å²) in [6.07, 6.45) is 3.06. The van der Waals surface area contributed by atoms with E-state index in [1.54, 1.807) is 4.31 Å². The third-order valence-electron chi connectivity index (χ3n) is 3.65. The van der Waals surface area contributed by atoms with Crippen molar-refractivity contribution in [1.29, 1.82) is 0 Å². The first kappa shape index (κ1) is 15.9. The van der Waals surface area contributed by atoms with Crippen molar-refractivity contribution < 1.29 is 8.42 Å². The monoisotopic (exact) mass is 316 g/mol. The Hall–Kier alpha value is -0.430. The molecule has 0 aromatic carbocycles. The summed E-state index contributed by atoms with van der Waals surface area (Å²) in [5, 5.41) is 5.25. The minimum atomic E-state index is -3.30. The van der Waals surface area contributed by atoms with Crippen LogP contribution >= 0.6 is 11.3 Å². The van der Waals surface area contributed by atoms with E-state index >= 15 is 0 Å². The second-order valence-electron chi connectivity index (χ2n) is 5.77. The van der Waals surface area contributed by atoms with E-state index in [4.69, 9.17) is 0 Å². The van der Waals surface area contributed by atoms with Crippen molar-refractivity contribution in [2.75, 3.05) is 6.54 Å². The van der Waals surface area contributed by atoms with Gasteiger partial charge < -0.3 is 5.32 Å². The average molecular weight is 316 g/mol. The maximum atomic E-state index is 12.7. The molecule has 1 saturated heterocycles. The van der Waals surface area contributed by atoms with Crippen LogP contribution in [0.25, 0.3) is 0 Å². The molecule has 1 atom stereocenters. The molecule has 0 bridgehead atoms. The van der Waals surface area contributed by atoms with Crippen LogP contribution in [-0.2, 0) is 16.6 Å².